The molecule has 1 N–H and O–H groups in total. The standard InChI is InChI=1S/C15H18Cl2N2O4S/c16-11-2-1-3-12(17)14(11)24(22,23)19-8-6-18(7-9-19)13(15(20)21)10-4-5-10/h1-3,10,13H,4-9H2,(H,20,21). The lowest BCUT2D eigenvalue weighted by atomic mass is 10.1. The van der Waals surface area contributed by atoms with Crippen molar-refractivity contribution in [3.05, 3.63) is 28.2 Å². The van der Waals surface area contributed by atoms with Gasteiger partial charge in [-0.1, -0.05) is 29.3 Å². The van der Waals surface area contributed by atoms with E-state index in [2.05, 4.69) is 0 Å². The highest BCUT2D eigenvalue weighted by atomic mass is 35.5. The number of carboxylic acid groups (broad SMARTS) is 1. The summed E-state index contributed by atoms with van der Waals surface area (Å²) in [6, 6.07) is 4.06. The van der Waals surface area contributed by atoms with E-state index in [1.807, 2.05) is 4.90 Å². The molecule has 132 valence electrons. The van der Waals surface area contributed by atoms with Crippen LogP contribution in [0.2, 0.25) is 10.0 Å². The monoisotopic (exact) mass is 392 g/mol. The Labute approximate surface area is 151 Å². The number of hydrogen-bond acceptors (Lipinski definition) is 4. The molecule has 0 radical (unpaired) electrons. The third-order valence-electron chi connectivity index (χ3n) is 4.50. The van der Waals surface area contributed by atoms with E-state index in [1.165, 1.54) is 16.4 Å². The Morgan fingerprint density at radius 3 is 2.12 bits per heavy atom. The van der Waals surface area contributed by atoms with Crippen LogP contribution < -0.4 is 0 Å². The number of hydrogen-bond donors (Lipinski definition) is 1. The Balaban J connectivity index is 1.75. The summed E-state index contributed by atoms with van der Waals surface area (Å²) in [5.74, 6) is -0.647. The van der Waals surface area contributed by atoms with Crippen molar-refractivity contribution in [2.75, 3.05) is 26.2 Å². The lowest BCUT2D eigenvalue weighted by Crippen LogP contribution is -2.54. The minimum absolute atomic E-state index is 0.0845. The lowest BCUT2D eigenvalue weighted by Gasteiger charge is -2.37. The average Bonchev–Trinajstić information content (AvgIpc) is 3.32. The van der Waals surface area contributed by atoms with E-state index in [0.717, 1.165) is 12.8 Å². The number of piperazine rings is 1. The lowest BCUT2D eigenvalue weighted by molar-refractivity contribution is -0.144. The van der Waals surface area contributed by atoms with Crippen molar-refractivity contribution in [3.8, 4) is 0 Å². The summed E-state index contributed by atoms with van der Waals surface area (Å²) < 4.78 is 26.9. The van der Waals surface area contributed by atoms with E-state index >= 15 is 0 Å². The molecular formula is C15H18Cl2N2O4S. The first-order valence-corrected chi connectivity index (χ1v) is 9.93. The SMILES string of the molecule is O=C(O)C(C1CC1)N1CCN(S(=O)(=O)c2c(Cl)cccc2Cl)CC1. The zero-order valence-corrected chi connectivity index (χ0v) is 15.2. The molecule has 9 heteroatoms. The number of sulfonamides is 1. The Kier molecular flexibility index (Phi) is 5.09. The average molecular weight is 393 g/mol. The molecule has 1 atom stereocenters. The Hall–Kier alpha value is -0.860. The van der Waals surface area contributed by atoms with Crippen LogP contribution in [0.4, 0.5) is 0 Å². The summed E-state index contributed by atoms with van der Waals surface area (Å²) in [4.78, 5) is 13.2. The summed E-state index contributed by atoms with van der Waals surface area (Å²) in [6.07, 6.45) is 1.84. The summed E-state index contributed by atoms with van der Waals surface area (Å²) in [5, 5.41) is 9.58. The van der Waals surface area contributed by atoms with Crippen molar-refractivity contribution >= 4 is 39.2 Å². The number of halogens is 2. The van der Waals surface area contributed by atoms with Crippen molar-refractivity contribution < 1.29 is 18.3 Å². The first-order valence-electron chi connectivity index (χ1n) is 7.73. The fourth-order valence-electron chi connectivity index (χ4n) is 3.15. The predicted octanol–water partition coefficient (Wildman–Crippen LogP) is 2.16. The second kappa shape index (κ2) is 6.80. The van der Waals surface area contributed by atoms with Gasteiger partial charge in [-0.15, -0.1) is 0 Å². The number of carbonyl (C=O) groups is 1. The van der Waals surface area contributed by atoms with Gasteiger partial charge in [0.1, 0.15) is 10.9 Å². The van der Waals surface area contributed by atoms with Gasteiger partial charge in [-0.05, 0) is 30.9 Å². The van der Waals surface area contributed by atoms with Gasteiger partial charge in [0, 0.05) is 26.2 Å². The van der Waals surface area contributed by atoms with Crippen LogP contribution in [0.25, 0.3) is 0 Å². The fourth-order valence-corrected chi connectivity index (χ4v) is 5.66. The van der Waals surface area contributed by atoms with Crippen LogP contribution >= 0.6 is 23.2 Å². The molecule has 0 bridgehead atoms. The Morgan fingerprint density at radius 1 is 1.12 bits per heavy atom. The molecule has 1 aliphatic heterocycles. The maximum atomic E-state index is 12.8. The zero-order chi connectivity index (χ0) is 17.5. The van der Waals surface area contributed by atoms with E-state index in [1.54, 1.807) is 6.07 Å². The minimum atomic E-state index is -3.80. The van der Waals surface area contributed by atoms with Crippen molar-refractivity contribution in [2.24, 2.45) is 5.92 Å². The molecule has 1 aromatic rings. The molecule has 1 heterocycles. The van der Waals surface area contributed by atoms with Gasteiger partial charge in [-0.3, -0.25) is 9.69 Å². The molecule has 3 rings (SSSR count). The molecular weight excluding hydrogens is 375 g/mol. The van der Waals surface area contributed by atoms with Crippen LogP contribution in [0.15, 0.2) is 23.1 Å². The Bertz CT molecular complexity index is 724. The topological polar surface area (TPSA) is 77.9 Å². The molecule has 0 aromatic heterocycles. The van der Waals surface area contributed by atoms with Gasteiger partial charge < -0.3 is 5.11 Å². The van der Waals surface area contributed by atoms with Crippen LogP contribution in [0.1, 0.15) is 12.8 Å². The van der Waals surface area contributed by atoms with E-state index in [-0.39, 0.29) is 33.9 Å². The summed E-state index contributed by atoms with van der Waals surface area (Å²) >= 11 is 12.1. The molecule has 1 aromatic carbocycles. The summed E-state index contributed by atoms with van der Waals surface area (Å²) in [7, 11) is -3.80. The highest BCUT2D eigenvalue weighted by Gasteiger charge is 2.42. The van der Waals surface area contributed by atoms with Gasteiger partial charge in [0.05, 0.1) is 10.0 Å². The number of nitrogens with zero attached hydrogens (tertiary/aromatic N) is 2. The molecule has 1 unspecified atom stereocenters. The zero-order valence-electron chi connectivity index (χ0n) is 12.9. The van der Waals surface area contributed by atoms with Crippen LogP contribution in [0.3, 0.4) is 0 Å². The first kappa shape index (κ1) is 17.9. The minimum Gasteiger partial charge on any atom is -0.480 e. The number of carboxylic acids is 1. The van der Waals surface area contributed by atoms with Gasteiger partial charge in [-0.25, -0.2) is 8.42 Å². The molecule has 1 saturated carbocycles. The van der Waals surface area contributed by atoms with Crippen molar-refractivity contribution in [1.82, 2.24) is 9.21 Å². The second-order valence-electron chi connectivity index (χ2n) is 6.11. The van der Waals surface area contributed by atoms with E-state index in [4.69, 9.17) is 23.2 Å². The van der Waals surface area contributed by atoms with Crippen LogP contribution in [0, 0.1) is 5.92 Å². The van der Waals surface area contributed by atoms with Gasteiger partial charge in [0.25, 0.3) is 0 Å². The quantitative estimate of drug-likeness (QED) is 0.830. The van der Waals surface area contributed by atoms with Crippen molar-refractivity contribution in [3.63, 3.8) is 0 Å². The molecule has 6 nitrogen and oxygen atoms in total. The van der Waals surface area contributed by atoms with Gasteiger partial charge >= 0.3 is 5.97 Å². The molecule has 0 spiro atoms. The fraction of sp³-hybridized carbons (Fsp3) is 0.533. The van der Waals surface area contributed by atoms with Gasteiger partial charge in [-0.2, -0.15) is 4.31 Å². The second-order valence-corrected chi connectivity index (χ2v) is 8.80. The van der Waals surface area contributed by atoms with E-state index < -0.39 is 22.0 Å². The number of benzene rings is 1. The third-order valence-corrected chi connectivity index (χ3v) is 7.36. The number of aliphatic carboxylic acids is 1. The first-order chi connectivity index (χ1) is 11.3. The van der Waals surface area contributed by atoms with E-state index in [0.29, 0.717) is 13.1 Å². The molecule has 1 saturated heterocycles. The third kappa shape index (κ3) is 3.41. The summed E-state index contributed by atoms with van der Waals surface area (Å²) in [6.45, 7) is 1.21. The Morgan fingerprint density at radius 2 is 1.67 bits per heavy atom. The van der Waals surface area contributed by atoms with Gasteiger partial charge in [0.2, 0.25) is 10.0 Å². The molecule has 0 amide bonds. The normalized spacial score (nSPS) is 21.6. The van der Waals surface area contributed by atoms with Crippen LogP contribution in [0.5, 0.6) is 0 Å². The molecule has 2 fully saturated rings. The van der Waals surface area contributed by atoms with E-state index in [9.17, 15) is 18.3 Å². The largest absolute Gasteiger partial charge is 0.480 e. The van der Waals surface area contributed by atoms with Gasteiger partial charge in [0.15, 0.2) is 0 Å². The summed E-state index contributed by atoms with van der Waals surface area (Å²) in [5.41, 5.74) is 0. The predicted molar refractivity (Wildman–Crippen MR) is 90.9 cm³/mol. The number of rotatable bonds is 5. The van der Waals surface area contributed by atoms with Crippen molar-refractivity contribution in [2.45, 2.75) is 23.8 Å². The van der Waals surface area contributed by atoms with Crippen molar-refractivity contribution in [1.29, 1.82) is 0 Å². The van der Waals surface area contributed by atoms with Crippen LogP contribution in [-0.4, -0.2) is 60.9 Å². The van der Waals surface area contributed by atoms with Crippen LogP contribution in [-0.2, 0) is 14.8 Å². The maximum Gasteiger partial charge on any atom is 0.321 e. The highest BCUT2D eigenvalue weighted by Crippen LogP contribution is 2.37. The maximum absolute atomic E-state index is 12.8. The molecule has 1 aliphatic carbocycles. The molecule has 2 aliphatic rings. The molecule has 24 heavy (non-hydrogen) atoms. The smallest absolute Gasteiger partial charge is 0.321 e. The highest BCUT2D eigenvalue weighted by molar-refractivity contribution is 7.89.